The van der Waals surface area contributed by atoms with Crippen LogP contribution in [0.3, 0.4) is 0 Å². The van der Waals surface area contributed by atoms with Gasteiger partial charge in [-0.3, -0.25) is 20.1 Å². The zero-order valence-electron chi connectivity index (χ0n) is 10.1. The summed E-state index contributed by atoms with van der Waals surface area (Å²) in [5, 5.41) is 17.7. The molecule has 2 N–H and O–H groups in total. The molecule has 94 valence electrons. The van der Waals surface area contributed by atoms with Crippen molar-refractivity contribution in [1.82, 2.24) is 4.90 Å². The van der Waals surface area contributed by atoms with Crippen molar-refractivity contribution in [2.24, 2.45) is 4.99 Å². The lowest BCUT2D eigenvalue weighted by molar-refractivity contribution is -0.126. The Labute approximate surface area is 105 Å². The van der Waals surface area contributed by atoms with Gasteiger partial charge in [0.05, 0.1) is 5.03 Å². The molecule has 1 heterocycles. The molecule has 1 aliphatic heterocycles. The van der Waals surface area contributed by atoms with E-state index in [1.807, 2.05) is 6.92 Å². The third kappa shape index (κ3) is 2.56. The molecule has 1 unspecified atom stereocenters. The van der Waals surface area contributed by atoms with Gasteiger partial charge in [0.1, 0.15) is 5.84 Å². The number of hydrogen-bond acceptors (Lipinski definition) is 4. The monoisotopic (exact) mass is 257 g/mol. The molecule has 0 aromatic carbocycles. The van der Waals surface area contributed by atoms with Crippen LogP contribution in [0.15, 0.2) is 15.6 Å². The minimum atomic E-state index is -1.23. The number of carbonyl (C=O) groups is 1. The van der Waals surface area contributed by atoms with Gasteiger partial charge >= 0.3 is 0 Å². The van der Waals surface area contributed by atoms with E-state index in [0.717, 1.165) is 10.6 Å². The molecule has 17 heavy (non-hydrogen) atoms. The fraction of sp³-hybridized carbons (Fsp3) is 0.545. The second-order valence-corrected chi connectivity index (χ2v) is 4.20. The standard InChI is InChI=1S/C11H16ClN3O2/c1-4-7(14-3)5-8(13)15-10(16)6(2)9(12)11(15)17/h11,13,17H,4-5H2,1-3H3. The van der Waals surface area contributed by atoms with E-state index in [-0.39, 0.29) is 22.9 Å². The van der Waals surface area contributed by atoms with Gasteiger partial charge in [-0.15, -0.1) is 0 Å². The molecule has 0 aliphatic carbocycles. The van der Waals surface area contributed by atoms with E-state index in [1.165, 1.54) is 6.92 Å². The maximum Gasteiger partial charge on any atom is 0.258 e. The molecule has 5 nitrogen and oxygen atoms in total. The first-order chi connectivity index (χ1) is 7.93. The van der Waals surface area contributed by atoms with Gasteiger partial charge in [-0.25, -0.2) is 0 Å². The minimum absolute atomic E-state index is 0.0138. The molecule has 0 aromatic rings. The molecular formula is C11H16ClN3O2. The number of hydrogen-bond donors (Lipinski definition) is 2. The highest BCUT2D eigenvalue weighted by atomic mass is 35.5. The molecule has 0 fully saturated rings. The fourth-order valence-corrected chi connectivity index (χ4v) is 1.79. The Morgan fingerprint density at radius 3 is 2.59 bits per heavy atom. The summed E-state index contributed by atoms with van der Waals surface area (Å²) in [7, 11) is 1.64. The predicted octanol–water partition coefficient (Wildman–Crippen LogP) is 1.51. The van der Waals surface area contributed by atoms with Crippen LogP contribution >= 0.6 is 11.6 Å². The zero-order valence-corrected chi connectivity index (χ0v) is 10.9. The fourth-order valence-electron chi connectivity index (χ4n) is 1.61. The summed E-state index contributed by atoms with van der Waals surface area (Å²) < 4.78 is 0. The Bertz CT molecular complexity index is 415. The van der Waals surface area contributed by atoms with Crippen molar-refractivity contribution in [2.45, 2.75) is 32.9 Å². The lowest BCUT2D eigenvalue weighted by atomic mass is 10.2. The SMILES string of the molecule is CCC(CC(=N)N1C(=O)C(C)=C(Cl)C1O)=NC. The average Bonchev–Trinajstić information content (AvgIpc) is 2.50. The molecule has 1 amide bonds. The first-order valence-corrected chi connectivity index (χ1v) is 5.71. The highest BCUT2D eigenvalue weighted by Crippen LogP contribution is 2.27. The van der Waals surface area contributed by atoms with Crippen LogP contribution in [-0.2, 0) is 4.79 Å². The number of nitrogens with one attached hydrogen (secondary N) is 1. The lowest BCUT2D eigenvalue weighted by Gasteiger charge is -2.22. The quantitative estimate of drug-likeness (QED) is 0.594. The number of rotatable bonds is 3. The van der Waals surface area contributed by atoms with Crippen molar-refractivity contribution >= 4 is 29.1 Å². The highest BCUT2D eigenvalue weighted by Gasteiger charge is 2.37. The van der Waals surface area contributed by atoms with Crippen molar-refractivity contribution < 1.29 is 9.90 Å². The number of carbonyl (C=O) groups excluding carboxylic acids is 1. The van der Waals surface area contributed by atoms with E-state index in [0.29, 0.717) is 6.42 Å². The number of nitrogens with zero attached hydrogens (tertiary/aromatic N) is 2. The number of amidine groups is 1. The molecule has 0 spiro atoms. The van der Waals surface area contributed by atoms with E-state index in [4.69, 9.17) is 17.0 Å². The Kier molecular flexibility index (Phi) is 4.42. The van der Waals surface area contributed by atoms with E-state index in [9.17, 15) is 9.90 Å². The summed E-state index contributed by atoms with van der Waals surface area (Å²) in [5.41, 5.74) is 1.09. The van der Waals surface area contributed by atoms with Gasteiger partial charge in [-0.2, -0.15) is 0 Å². The second-order valence-electron chi connectivity index (χ2n) is 3.79. The van der Waals surface area contributed by atoms with E-state index < -0.39 is 12.1 Å². The van der Waals surface area contributed by atoms with Crippen LogP contribution in [0.5, 0.6) is 0 Å². The molecule has 0 saturated heterocycles. The number of amides is 1. The van der Waals surface area contributed by atoms with Crippen molar-refractivity contribution in [3.8, 4) is 0 Å². The van der Waals surface area contributed by atoms with Gasteiger partial charge in [0.25, 0.3) is 5.91 Å². The third-order valence-electron chi connectivity index (χ3n) is 2.76. The number of aliphatic imine (C=N–C) groups is 1. The molecule has 1 aliphatic rings. The lowest BCUT2D eigenvalue weighted by Crippen LogP contribution is -2.40. The average molecular weight is 258 g/mol. The first kappa shape index (κ1) is 13.9. The molecule has 0 saturated carbocycles. The van der Waals surface area contributed by atoms with Gasteiger partial charge in [0.15, 0.2) is 6.23 Å². The Hall–Kier alpha value is -1.20. The van der Waals surface area contributed by atoms with Crippen LogP contribution in [0.2, 0.25) is 0 Å². The number of aliphatic hydroxyl groups excluding tert-OH is 1. The summed E-state index contributed by atoms with van der Waals surface area (Å²) in [6.45, 7) is 3.46. The van der Waals surface area contributed by atoms with Crippen LogP contribution in [0, 0.1) is 5.41 Å². The van der Waals surface area contributed by atoms with Gasteiger partial charge in [-0.1, -0.05) is 18.5 Å². The van der Waals surface area contributed by atoms with Crippen LogP contribution in [0.25, 0.3) is 0 Å². The normalized spacial score (nSPS) is 21.5. The Morgan fingerprint density at radius 1 is 1.65 bits per heavy atom. The summed E-state index contributed by atoms with van der Waals surface area (Å²) >= 11 is 5.79. The predicted molar refractivity (Wildman–Crippen MR) is 67.4 cm³/mol. The molecule has 0 aromatic heterocycles. The Morgan fingerprint density at radius 2 is 2.24 bits per heavy atom. The summed E-state index contributed by atoms with van der Waals surface area (Å²) in [5.74, 6) is -0.404. The summed E-state index contributed by atoms with van der Waals surface area (Å²) in [4.78, 5) is 16.8. The first-order valence-electron chi connectivity index (χ1n) is 5.33. The van der Waals surface area contributed by atoms with Gasteiger partial charge in [0.2, 0.25) is 0 Å². The topological polar surface area (TPSA) is 76.8 Å². The number of aliphatic hydroxyl groups is 1. The van der Waals surface area contributed by atoms with E-state index in [2.05, 4.69) is 4.99 Å². The summed E-state index contributed by atoms with van der Waals surface area (Å²) in [6, 6.07) is 0. The second kappa shape index (κ2) is 5.42. The largest absolute Gasteiger partial charge is 0.368 e. The number of halogens is 1. The molecule has 1 rings (SSSR count). The molecular weight excluding hydrogens is 242 g/mol. The van der Waals surface area contributed by atoms with Gasteiger partial charge < -0.3 is 5.11 Å². The van der Waals surface area contributed by atoms with Crippen LogP contribution < -0.4 is 0 Å². The highest BCUT2D eigenvalue weighted by molar-refractivity contribution is 6.34. The maximum absolute atomic E-state index is 11.8. The van der Waals surface area contributed by atoms with Gasteiger partial charge in [-0.05, 0) is 13.3 Å². The van der Waals surface area contributed by atoms with Crippen molar-refractivity contribution in [1.29, 1.82) is 5.41 Å². The van der Waals surface area contributed by atoms with Crippen molar-refractivity contribution in [2.75, 3.05) is 7.05 Å². The van der Waals surface area contributed by atoms with E-state index in [1.54, 1.807) is 7.05 Å². The van der Waals surface area contributed by atoms with Crippen LogP contribution in [0.1, 0.15) is 26.7 Å². The molecule has 0 radical (unpaired) electrons. The minimum Gasteiger partial charge on any atom is -0.368 e. The van der Waals surface area contributed by atoms with Crippen LogP contribution in [0.4, 0.5) is 0 Å². The Balaban J connectivity index is 2.83. The zero-order chi connectivity index (χ0) is 13.2. The van der Waals surface area contributed by atoms with Crippen molar-refractivity contribution in [3.05, 3.63) is 10.6 Å². The van der Waals surface area contributed by atoms with Crippen molar-refractivity contribution in [3.63, 3.8) is 0 Å². The molecule has 0 bridgehead atoms. The van der Waals surface area contributed by atoms with Gasteiger partial charge in [0, 0.05) is 24.8 Å². The van der Waals surface area contributed by atoms with E-state index >= 15 is 0 Å². The summed E-state index contributed by atoms with van der Waals surface area (Å²) in [6.07, 6.45) is -0.281. The molecule has 1 atom stereocenters. The van der Waals surface area contributed by atoms with Crippen LogP contribution in [-0.4, -0.2) is 40.7 Å². The third-order valence-corrected chi connectivity index (χ3v) is 3.23. The molecule has 6 heteroatoms. The maximum atomic E-state index is 11.8. The smallest absolute Gasteiger partial charge is 0.258 e.